The number of halogens is 1. The molecule has 132 valence electrons. The van der Waals surface area contributed by atoms with E-state index in [4.69, 9.17) is 9.26 Å². The molecule has 0 amide bonds. The van der Waals surface area contributed by atoms with Gasteiger partial charge in [0.2, 0.25) is 0 Å². The molecular formula is C18H25ClN2O3. The monoisotopic (exact) mass is 352 g/mol. The summed E-state index contributed by atoms with van der Waals surface area (Å²) in [6.45, 7) is 6.69. The number of hydrogen-bond acceptors (Lipinski definition) is 5. The van der Waals surface area contributed by atoms with Gasteiger partial charge in [0.05, 0.1) is 0 Å². The molecule has 0 saturated heterocycles. The molecule has 6 heteroatoms. The number of nitrogens with one attached hydrogen (secondary N) is 1. The molecule has 24 heavy (non-hydrogen) atoms. The van der Waals surface area contributed by atoms with Crippen LogP contribution in [-0.4, -0.2) is 35.6 Å². The molecule has 1 heterocycles. The van der Waals surface area contributed by atoms with Crippen molar-refractivity contribution in [2.24, 2.45) is 0 Å². The van der Waals surface area contributed by atoms with Crippen LogP contribution in [0, 0.1) is 6.92 Å². The van der Waals surface area contributed by atoms with Gasteiger partial charge in [0.1, 0.15) is 29.9 Å². The fourth-order valence-electron chi connectivity index (χ4n) is 2.01. The van der Waals surface area contributed by atoms with Gasteiger partial charge in [-0.1, -0.05) is 37.2 Å². The van der Waals surface area contributed by atoms with E-state index in [1.807, 2.05) is 63.3 Å². The lowest BCUT2D eigenvalue weighted by Crippen LogP contribution is -2.35. The largest absolute Gasteiger partial charge is 0.490 e. The van der Waals surface area contributed by atoms with Crippen LogP contribution in [0.2, 0.25) is 0 Å². The van der Waals surface area contributed by atoms with Crippen LogP contribution in [0.5, 0.6) is 5.75 Å². The summed E-state index contributed by atoms with van der Waals surface area (Å²) in [5.41, 5.74) is 1.69. The summed E-state index contributed by atoms with van der Waals surface area (Å²) in [7, 11) is 0. The first-order valence-electron chi connectivity index (χ1n) is 7.79. The van der Waals surface area contributed by atoms with Crippen molar-refractivity contribution in [3.05, 3.63) is 47.3 Å². The second kappa shape index (κ2) is 10.1. The maximum Gasteiger partial charge on any atom is 0.134 e. The Morgan fingerprint density at radius 3 is 2.71 bits per heavy atom. The average molecular weight is 353 g/mol. The van der Waals surface area contributed by atoms with Gasteiger partial charge in [0.15, 0.2) is 0 Å². The molecule has 0 aliphatic heterocycles. The summed E-state index contributed by atoms with van der Waals surface area (Å²) < 4.78 is 10.8. The number of benzene rings is 1. The van der Waals surface area contributed by atoms with Crippen LogP contribution in [0.15, 0.2) is 34.9 Å². The van der Waals surface area contributed by atoms with Gasteiger partial charge >= 0.3 is 0 Å². The van der Waals surface area contributed by atoms with Crippen molar-refractivity contribution in [1.29, 1.82) is 0 Å². The summed E-state index contributed by atoms with van der Waals surface area (Å²) in [4.78, 5) is 0. The van der Waals surface area contributed by atoms with Crippen LogP contribution in [0.1, 0.15) is 30.9 Å². The summed E-state index contributed by atoms with van der Waals surface area (Å²) in [5, 5.41) is 17.0. The van der Waals surface area contributed by atoms with Crippen molar-refractivity contribution >= 4 is 24.6 Å². The van der Waals surface area contributed by atoms with Crippen molar-refractivity contribution in [3.63, 3.8) is 0 Å². The predicted octanol–water partition coefficient (Wildman–Crippen LogP) is 3.31. The van der Waals surface area contributed by atoms with Gasteiger partial charge in [-0.3, -0.25) is 0 Å². The molecule has 0 bridgehead atoms. The number of aliphatic hydroxyl groups excluding tert-OH is 1. The Labute approximate surface area is 149 Å². The van der Waals surface area contributed by atoms with Crippen molar-refractivity contribution in [1.82, 2.24) is 10.5 Å². The van der Waals surface area contributed by atoms with Crippen molar-refractivity contribution < 1.29 is 14.4 Å². The maximum atomic E-state index is 9.93. The lowest BCUT2D eigenvalue weighted by Gasteiger charge is -2.16. The second-order valence-electron chi connectivity index (χ2n) is 5.76. The minimum absolute atomic E-state index is 0. The molecule has 2 aromatic rings. The zero-order valence-corrected chi connectivity index (χ0v) is 15.0. The van der Waals surface area contributed by atoms with E-state index in [2.05, 4.69) is 10.5 Å². The molecule has 0 spiro atoms. The fraction of sp³-hybridized carbons (Fsp3) is 0.389. The topological polar surface area (TPSA) is 67.5 Å². The Kier molecular flexibility index (Phi) is 8.54. The third kappa shape index (κ3) is 6.74. The average Bonchev–Trinajstić information content (AvgIpc) is 2.95. The third-order valence-electron chi connectivity index (χ3n) is 3.19. The van der Waals surface area contributed by atoms with E-state index in [1.165, 1.54) is 0 Å². The van der Waals surface area contributed by atoms with Crippen LogP contribution in [0.25, 0.3) is 12.2 Å². The third-order valence-corrected chi connectivity index (χ3v) is 3.19. The SMILES string of the molecule is Cc1cc(/C=C/c2ccccc2OCC(O)CNC(C)C)no1.Cl. The van der Waals surface area contributed by atoms with Crippen LogP contribution in [-0.2, 0) is 0 Å². The second-order valence-corrected chi connectivity index (χ2v) is 5.76. The summed E-state index contributed by atoms with van der Waals surface area (Å²) in [6, 6.07) is 9.89. The molecule has 0 fully saturated rings. The molecule has 1 unspecified atom stereocenters. The van der Waals surface area contributed by atoms with Crippen LogP contribution in [0.3, 0.4) is 0 Å². The number of rotatable bonds is 8. The predicted molar refractivity (Wildman–Crippen MR) is 98.5 cm³/mol. The molecule has 2 N–H and O–H groups in total. The van der Waals surface area contributed by atoms with E-state index >= 15 is 0 Å². The molecule has 0 aliphatic rings. The summed E-state index contributed by atoms with van der Waals surface area (Å²) in [6.07, 6.45) is 3.24. The standard InChI is InChI=1S/C18H24N2O3.ClH/c1-13(2)19-11-17(21)12-22-18-7-5-4-6-15(18)8-9-16-10-14(3)23-20-16;/h4-10,13,17,19,21H,11-12H2,1-3H3;1H/b9-8+;. The van der Waals surface area contributed by atoms with Gasteiger partial charge in [-0.05, 0) is 25.1 Å². The highest BCUT2D eigenvalue weighted by Gasteiger charge is 2.07. The van der Waals surface area contributed by atoms with E-state index in [0.717, 1.165) is 22.8 Å². The first kappa shape index (κ1) is 20.2. The maximum absolute atomic E-state index is 9.93. The van der Waals surface area contributed by atoms with E-state index in [-0.39, 0.29) is 19.0 Å². The minimum Gasteiger partial charge on any atom is -0.490 e. The minimum atomic E-state index is -0.548. The highest BCUT2D eigenvalue weighted by Crippen LogP contribution is 2.21. The van der Waals surface area contributed by atoms with E-state index in [1.54, 1.807) is 0 Å². The Morgan fingerprint density at radius 1 is 1.29 bits per heavy atom. The number of aryl methyl sites for hydroxylation is 1. The quantitative estimate of drug-likeness (QED) is 0.762. The first-order valence-corrected chi connectivity index (χ1v) is 7.79. The van der Waals surface area contributed by atoms with Gasteiger partial charge in [-0.25, -0.2) is 0 Å². The van der Waals surface area contributed by atoms with Crippen LogP contribution >= 0.6 is 12.4 Å². The van der Waals surface area contributed by atoms with Gasteiger partial charge in [-0.2, -0.15) is 0 Å². The number of aliphatic hydroxyl groups is 1. The molecule has 1 aromatic carbocycles. The Balaban J connectivity index is 0.00000288. The molecule has 0 saturated carbocycles. The van der Waals surface area contributed by atoms with Crippen molar-refractivity contribution in [2.75, 3.05) is 13.2 Å². The van der Waals surface area contributed by atoms with E-state index in [0.29, 0.717) is 12.6 Å². The molecule has 5 nitrogen and oxygen atoms in total. The van der Waals surface area contributed by atoms with Gasteiger partial charge < -0.3 is 19.7 Å². The lowest BCUT2D eigenvalue weighted by molar-refractivity contribution is 0.104. The Bertz CT molecular complexity index is 641. The van der Waals surface area contributed by atoms with Gasteiger partial charge in [0.25, 0.3) is 0 Å². The first-order chi connectivity index (χ1) is 11.0. The van der Waals surface area contributed by atoms with Crippen molar-refractivity contribution in [3.8, 4) is 5.75 Å². The number of para-hydroxylation sites is 1. The smallest absolute Gasteiger partial charge is 0.134 e. The van der Waals surface area contributed by atoms with Crippen LogP contribution < -0.4 is 10.1 Å². The number of nitrogens with zero attached hydrogens (tertiary/aromatic N) is 1. The van der Waals surface area contributed by atoms with E-state index < -0.39 is 6.10 Å². The summed E-state index contributed by atoms with van der Waals surface area (Å²) in [5.74, 6) is 1.50. The number of aromatic nitrogens is 1. The van der Waals surface area contributed by atoms with E-state index in [9.17, 15) is 5.11 Å². The highest BCUT2D eigenvalue weighted by molar-refractivity contribution is 5.85. The number of hydrogen-bond donors (Lipinski definition) is 2. The zero-order chi connectivity index (χ0) is 16.7. The molecule has 1 aromatic heterocycles. The molecule has 1 atom stereocenters. The fourth-order valence-corrected chi connectivity index (χ4v) is 2.01. The van der Waals surface area contributed by atoms with Gasteiger partial charge in [0, 0.05) is 24.2 Å². The molecule has 0 aliphatic carbocycles. The molecular weight excluding hydrogens is 328 g/mol. The van der Waals surface area contributed by atoms with Crippen LogP contribution in [0.4, 0.5) is 0 Å². The highest BCUT2D eigenvalue weighted by atomic mass is 35.5. The lowest BCUT2D eigenvalue weighted by atomic mass is 10.1. The molecule has 2 rings (SSSR count). The summed E-state index contributed by atoms with van der Waals surface area (Å²) >= 11 is 0. The molecule has 0 radical (unpaired) electrons. The zero-order valence-electron chi connectivity index (χ0n) is 14.2. The Hall–Kier alpha value is -1.82. The normalized spacial score (nSPS) is 12.4. The van der Waals surface area contributed by atoms with Gasteiger partial charge in [-0.15, -0.1) is 12.4 Å². The van der Waals surface area contributed by atoms with Crippen molar-refractivity contribution in [2.45, 2.75) is 32.9 Å². The number of ether oxygens (including phenoxy) is 1. The Morgan fingerprint density at radius 2 is 2.04 bits per heavy atom.